The first-order chi connectivity index (χ1) is 27.6. The Kier molecular flexibility index (Phi) is 38.9. The van der Waals surface area contributed by atoms with Gasteiger partial charge < -0.3 is 14.2 Å². The van der Waals surface area contributed by atoms with Gasteiger partial charge in [-0.3, -0.25) is 14.4 Å². The van der Waals surface area contributed by atoms with Gasteiger partial charge in [-0.05, 0) is 95.7 Å². The van der Waals surface area contributed by atoms with Gasteiger partial charge in [0.1, 0.15) is 0 Å². The van der Waals surface area contributed by atoms with E-state index in [0.29, 0.717) is 52.8 Å². The summed E-state index contributed by atoms with van der Waals surface area (Å²) >= 11 is 0. The number of carbonyl (C=O) groups is 3. The van der Waals surface area contributed by atoms with Crippen LogP contribution in [0.25, 0.3) is 0 Å². The van der Waals surface area contributed by atoms with Crippen molar-refractivity contribution in [3.63, 3.8) is 0 Å². The van der Waals surface area contributed by atoms with E-state index < -0.39 is 0 Å². The van der Waals surface area contributed by atoms with E-state index in [1.165, 1.54) is 38.5 Å². The van der Waals surface area contributed by atoms with E-state index in [4.69, 9.17) is 14.2 Å². The topological polar surface area (TPSA) is 78.9 Å². The summed E-state index contributed by atoms with van der Waals surface area (Å²) in [6, 6.07) is 0. The second-order valence-corrected chi connectivity index (χ2v) is 26.3. The zero-order chi connectivity index (χ0) is 50.3. The van der Waals surface area contributed by atoms with Crippen molar-refractivity contribution in [1.29, 1.82) is 0 Å². The van der Waals surface area contributed by atoms with Crippen molar-refractivity contribution in [1.82, 2.24) is 0 Å². The van der Waals surface area contributed by atoms with Crippen molar-refractivity contribution in [2.45, 2.75) is 264 Å². The van der Waals surface area contributed by atoms with Gasteiger partial charge in [0.05, 0.1) is 37.6 Å². The van der Waals surface area contributed by atoms with E-state index >= 15 is 0 Å². The van der Waals surface area contributed by atoms with Gasteiger partial charge in [0.2, 0.25) is 0 Å². The molecule has 0 bridgehead atoms. The highest BCUT2D eigenvalue weighted by atomic mass is 16.5. The summed E-state index contributed by atoms with van der Waals surface area (Å²) in [4.78, 5) is 34.2. The van der Waals surface area contributed by atoms with Crippen molar-refractivity contribution in [3.8, 4) is 0 Å². The molecule has 0 radical (unpaired) electrons. The summed E-state index contributed by atoms with van der Waals surface area (Å²) in [6.07, 6.45) is 14.4. The molecule has 0 heterocycles. The van der Waals surface area contributed by atoms with E-state index in [1.807, 2.05) is 41.5 Å². The molecule has 0 rings (SSSR count). The Morgan fingerprint density at radius 3 is 0.935 bits per heavy atom. The van der Waals surface area contributed by atoms with Crippen LogP contribution in [0.2, 0.25) is 0 Å². The van der Waals surface area contributed by atoms with Gasteiger partial charge >= 0.3 is 17.9 Å². The van der Waals surface area contributed by atoms with Gasteiger partial charge in [-0.1, -0.05) is 213 Å². The van der Waals surface area contributed by atoms with E-state index in [2.05, 4.69) is 145 Å². The SMILES string of the molecule is CC(C(=O)OCCCC(C)(C)C)C(C)(C)C.CC(C)C(=O)OCCCC(C)(C)C.CC(C)C(C)C(=O)OCCCC(C)(C)C.CC(C)CCCC(C)(C)C.CCCCC(C)(C)C. The molecular formula is C56H116O6. The van der Waals surface area contributed by atoms with Crippen LogP contribution in [-0.4, -0.2) is 37.7 Å². The monoisotopic (exact) mass is 885 g/mol. The molecule has 0 spiro atoms. The molecule has 0 aromatic carbocycles. The van der Waals surface area contributed by atoms with Gasteiger partial charge in [-0.15, -0.1) is 0 Å². The van der Waals surface area contributed by atoms with Crippen LogP contribution in [0.5, 0.6) is 0 Å². The Labute approximate surface area is 391 Å². The lowest BCUT2D eigenvalue weighted by atomic mass is 9.82. The Hall–Kier alpha value is -1.59. The number of rotatable bonds is 18. The minimum Gasteiger partial charge on any atom is -0.465 e. The second-order valence-electron chi connectivity index (χ2n) is 26.3. The van der Waals surface area contributed by atoms with Gasteiger partial charge in [0.25, 0.3) is 0 Å². The quantitative estimate of drug-likeness (QED) is 0.0775. The summed E-state index contributed by atoms with van der Waals surface area (Å²) < 4.78 is 15.6. The Morgan fingerprint density at radius 1 is 0.403 bits per heavy atom. The molecule has 0 aliphatic carbocycles. The fourth-order valence-electron chi connectivity index (χ4n) is 5.12. The van der Waals surface area contributed by atoms with Crippen LogP contribution in [-0.2, 0) is 28.6 Å². The fraction of sp³-hybridized carbons (Fsp3) is 0.946. The lowest BCUT2D eigenvalue weighted by molar-refractivity contribution is -0.152. The van der Waals surface area contributed by atoms with Crippen LogP contribution in [0.1, 0.15) is 264 Å². The Balaban J connectivity index is -0.000000223. The molecule has 0 saturated carbocycles. The molecule has 6 nitrogen and oxygen atoms in total. The zero-order valence-electron chi connectivity index (χ0n) is 47.4. The molecule has 0 amide bonds. The normalized spacial score (nSPS) is 13.3. The Bertz CT molecular complexity index is 1070. The summed E-state index contributed by atoms with van der Waals surface area (Å²) in [5.41, 5.74) is 2.06. The van der Waals surface area contributed by atoms with Gasteiger partial charge in [-0.25, -0.2) is 0 Å². The largest absolute Gasteiger partial charge is 0.465 e. The summed E-state index contributed by atoms with van der Waals surface area (Å²) in [6.45, 7) is 60.0. The first-order valence-corrected chi connectivity index (χ1v) is 25.1. The average molecular weight is 886 g/mol. The molecule has 0 aromatic rings. The minimum absolute atomic E-state index is 0.00497. The molecule has 6 heteroatoms. The smallest absolute Gasteiger partial charge is 0.309 e. The lowest BCUT2D eigenvalue weighted by Crippen LogP contribution is -2.27. The maximum Gasteiger partial charge on any atom is 0.309 e. The molecule has 0 aromatic heterocycles. The van der Waals surface area contributed by atoms with Crippen molar-refractivity contribution in [2.24, 2.45) is 62.1 Å². The standard InChI is InChI=1S/C14H28O2.C13H26O2.C11H22O2.C10H22.C8H18/c1-11(14(5,6)7)12(15)16-10-8-9-13(2,3)4;1-10(2)11(3)12(14)15-9-7-8-13(4,5)6;1-9(2)10(12)13-8-6-7-11(3,4)5;1-9(2)7-6-8-10(3,4)5;1-5-6-7-8(2,3)4/h11H,8-10H2,1-7H3;10-11H,7-9H2,1-6H3;9H,6-8H2,1-5H3;9H,6-8H2,1-5H3;5-7H2,1-4H3. The predicted octanol–water partition coefficient (Wildman–Crippen LogP) is 17.8. The molecule has 62 heavy (non-hydrogen) atoms. The van der Waals surface area contributed by atoms with Crippen LogP contribution in [0, 0.1) is 62.1 Å². The van der Waals surface area contributed by atoms with E-state index in [-0.39, 0.29) is 41.1 Å². The highest BCUT2D eigenvalue weighted by Crippen LogP contribution is 2.27. The molecule has 0 aliphatic rings. The molecule has 0 N–H and O–H groups in total. The fourth-order valence-corrected chi connectivity index (χ4v) is 5.12. The van der Waals surface area contributed by atoms with Crippen molar-refractivity contribution in [2.75, 3.05) is 19.8 Å². The third-order valence-electron chi connectivity index (χ3n) is 10.4. The lowest BCUT2D eigenvalue weighted by Gasteiger charge is -2.25. The molecule has 2 unspecified atom stereocenters. The predicted molar refractivity (Wildman–Crippen MR) is 274 cm³/mol. The number of unbranched alkanes of at least 4 members (excludes halogenated alkanes) is 1. The Morgan fingerprint density at radius 2 is 0.694 bits per heavy atom. The van der Waals surface area contributed by atoms with Crippen LogP contribution < -0.4 is 0 Å². The van der Waals surface area contributed by atoms with E-state index in [1.54, 1.807) is 0 Å². The molecule has 2 atom stereocenters. The van der Waals surface area contributed by atoms with Gasteiger partial charge in [0, 0.05) is 0 Å². The first kappa shape index (κ1) is 69.4. The molecule has 0 saturated heterocycles. The van der Waals surface area contributed by atoms with Gasteiger partial charge in [0.15, 0.2) is 0 Å². The number of hydrogen-bond acceptors (Lipinski definition) is 6. The average Bonchev–Trinajstić information content (AvgIpc) is 3.06. The molecule has 0 aliphatic heterocycles. The second kappa shape index (κ2) is 34.7. The van der Waals surface area contributed by atoms with Crippen LogP contribution in [0.3, 0.4) is 0 Å². The minimum atomic E-state index is -0.0890. The van der Waals surface area contributed by atoms with E-state index in [9.17, 15) is 14.4 Å². The highest BCUT2D eigenvalue weighted by molar-refractivity contribution is 5.73. The highest BCUT2D eigenvalue weighted by Gasteiger charge is 2.28. The van der Waals surface area contributed by atoms with Crippen molar-refractivity contribution >= 4 is 17.9 Å². The number of esters is 3. The van der Waals surface area contributed by atoms with Crippen LogP contribution >= 0.6 is 0 Å². The van der Waals surface area contributed by atoms with E-state index in [0.717, 1.165) is 44.4 Å². The summed E-state index contributed by atoms with van der Waals surface area (Å²) in [7, 11) is 0. The van der Waals surface area contributed by atoms with Crippen molar-refractivity contribution in [3.05, 3.63) is 0 Å². The summed E-state index contributed by atoms with van der Waals surface area (Å²) in [5.74, 6) is 0.994. The number of hydrogen-bond donors (Lipinski definition) is 0. The summed E-state index contributed by atoms with van der Waals surface area (Å²) in [5, 5.41) is 0. The zero-order valence-corrected chi connectivity index (χ0v) is 47.4. The third kappa shape index (κ3) is 60.5. The molecule has 0 fully saturated rings. The van der Waals surface area contributed by atoms with Gasteiger partial charge in [-0.2, -0.15) is 0 Å². The maximum atomic E-state index is 11.7. The molecule has 376 valence electrons. The first-order valence-electron chi connectivity index (χ1n) is 25.1. The van der Waals surface area contributed by atoms with Crippen LogP contribution in [0.15, 0.2) is 0 Å². The number of carbonyl (C=O) groups excluding carboxylic acids is 3. The maximum absolute atomic E-state index is 11.7. The third-order valence-corrected chi connectivity index (χ3v) is 10.4. The van der Waals surface area contributed by atoms with Crippen molar-refractivity contribution < 1.29 is 28.6 Å². The van der Waals surface area contributed by atoms with Crippen LogP contribution in [0.4, 0.5) is 0 Å². The molecular weight excluding hydrogens is 769 g/mol. The number of ether oxygens (including phenoxy) is 3.